The molecule has 4 rings (SSSR count). The van der Waals surface area contributed by atoms with Crippen LogP contribution in [-0.4, -0.2) is 27.7 Å². The van der Waals surface area contributed by atoms with Gasteiger partial charge < -0.3 is 26.4 Å². The summed E-state index contributed by atoms with van der Waals surface area (Å²) in [5.74, 6) is 3.41. The highest BCUT2D eigenvalue weighted by Crippen LogP contribution is 2.40. The smallest absolute Gasteiger partial charge is 0.293 e. The van der Waals surface area contributed by atoms with Gasteiger partial charge in [-0.25, -0.2) is 0 Å². The number of ketones is 1. The monoisotopic (exact) mass is 520 g/mol. The van der Waals surface area contributed by atoms with E-state index in [1.807, 2.05) is 13.8 Å². The number of nitrogens with two attached hydrogens (primary N) is 2. The van der Waals surface area contributed by atoms with E-state index in [-0.39, 0.29) is 5.56 Å². The summed E-state index contributed by atoms with van der Waals surface area (Å²) >= 11 is 12.1. The van der Waals surface area contributed by atoms with E-state index in [1.54, 1.807) is 29.7 Å². The highest BCUT2D eigenvalue weighted by molar-refractivity contribution is 6.44. The summed E-state index contributed by atoms with van der Waals surface area (Å²) in [6, 6.07) is 4.72. The molecular formula is C24H30Cl2N6O3. The van der Waals surface area contributed by atoms with E-state index >= 15 is 0 Å². The number of carbonyl (C=O) groups is 3. The van der Waals surface area contributed by atoms with Crippen LogP contribution >= 0.6 is 23.2 Å². The number of Topliss-reactive ketones (excluding diaryl/α,β-unsaturated/α-hetero) is 1. The van der Waals surface area contributed by atoms with Crippen molar-refractivity contribution >= 4 is 46.5 Å². The minimum absolute atomic E-state index is 0.259. The Kier molecular flexibility index (Phi) is 8.15. The van der Waals surface area contributed by atoms with Gasteiger partial charge in [-0.05, 0) is 56.4 Å². The molecule has 1 aromatic heterocycles. The average molecular weight is 521 g/mol. The summed E-state index contributed by atoms with van der Waals surface area (Å²) in [6.07, 6.45) is 3.97. The van der Waals surface area contributed by atoms with Crippen molar-refractivity contribution in [3.63, 3.8) is 0 Å². The van der Waals surface area contributed by atoms with Crippen LogP contribution in [0, 0.1) is 6.92 Å². The molecule has 2 aliphatic rings. The van der Waals surface area contributed by atoms with E-state index in [4.69, 9.17) is 34.8 Å². The van der Waals surface area contributed by atoms with Crippen LogP contribution in [0.4, 0.5) is 5.69 Å². The second-order valence-electron chi connectivity index (χ2n) is 8.29. The Hall–Kier alpha value is -3.01. The van der Waals surface area contributed by atoms with Gasteiger partial charge in [0.25, 0.3) is 17.6 Å². The minimum Gasteiger partial charge on any atom is -0.399 e. The summed E-state index contributed by atoms with van der Waals surface area (Å²) in [5.41, 5.74) is 10.1. The first kappa shape index (κ1) is 26.6. The first-order valence-corrected chi connectivity index (χ1v) is 12.2. The largest absolute Gasteiger partial charge is 0.399 e. The molecule has 0 unspecified atom stereocenters. The molecule has 9 nitrogen and oxygen atoms in total. The first-order valence-electron chi connectivity index (χ1n) is 11.5. The van der Waals surface area contributed by atoms with Crippen molar-refractivity contribution in [3.8, 4) is 0 Å². The van der Waals surface area contributed by atoms with Crippen LogP contribution in [0.2, 0.25) is 10.0 Å². The number of rotatable bonds is 7. The number of amides is 2. The molecule has 0 saturated heterocycles. The SMILES string of the molecule is CC.Cc1c(C(=O)C(=O)NC2(/C(N)=C/NN)CC2)c2n(c1C(=O)Nc1cc(Cl)cc(Cl)c1)CCC2. The van der Waals surface area contributed by atoms with Gasteiger partial charge in [0.1, 0.15) is 5.69 Å². The van der Waals surface area contributed by atoms with Gasteiger partial charge in [0.05, 0.1) is 16.8 Å². The van der Waals surface area contributed by atoms with E-state index in [0.717, 1.165) is 6.42 Å². The Balaban J connectivity index is 0.00000167. The molecule has 1 saturated carbocycles. The predicted octanol–water partition coefficient (Wildman–Crippen LogP) is 3.42. The lowest BCUT2D eigenvalue weighted by Crippen LogP contribution is -2.45. The second-order valence-corrected chi connectivity index (χ2v) is 9.17. The number of aromatic nitrogens is 1. The number of anilines is 1. The molecule has 2 heterocycles. The second kappa shape index (κ2) is 10.7. The van der Waals surface area contributed by atoms with Gasteiger partial charge in [-0.1, -0.05) is 37.0 Å². The molecule has 0 radical (unpaired) electrons. The van der Waals surface area contributed by atoms with E-state index < -0.39 is 23.1 Å². The van der Waals surface area contributed by atoms with Crippen LogP contribution in [0.3, 0.4) is 0 Å². The van der Waals surface area contributed by atoms with Crippen molar-refractivity contribution in [1.82, 2.24) is 15.3 Å². The lowest BCUT2D eigenvalue weighted by molar-refractivity contribution is -0.117. The van der Waals surface area contributed by atoms with Gasteiger partial charge in [0.15, 0.2) is 0 Å². The molecule has 2 aromatic rings. The predicted molar refractivity (Wildman–Crippen MR) is 137 cm³/mol. The van der Waals surface area contributed by atoms with E-state index in [0.29, 0.717) is 64.2 Å². The van der Waals surface area contributed by atoms with Gasteiger partial charge in [-0.3, -0.25) is 20.2 Å². The maximum absolute atomic E-state index is 13.2. The molecule has 188 valence electrons. The quantitative estimate of drug-likeness (QED) is 0.163. The van der Waals surface area contributed by atoms with E-state index in [2.05, 4.69) is 16.1 Å². The van der Waals surface area contributed by atoms with Crippen molar-refractivity contribution in [3.05, 3.63) is 62.7 Å². The Morgan fingerprint density at radius 3 is 2.31 bits per heavy atom. The third kappa shape index (κ3) is 5.32. The third-order valence-electron chi connectivity index (χ3n) is 6.07. The van der Waals surface area contributed by atoms with Gasteiger partial charge in [-0.2, -0.15) is 0 Å². The molecule has 1 aromatic carbocycles. The number of hydrazine groups is 1. The Bertz CT molecular complexity index is 1180. The van der Waals surface area contributed by atoms with Crippen molar-refractivity contribution in [1.29, 1.82) is 0 Å². The lowest BCUT2D eigenvalue weighted by atomic mass is 10.0. The fourth-order valence-corrected chi connectivity index (χ4v) is 4.88. The highest BCUT2D eigenvalue weighted by Gasteiger charge is 2.48. The number of hydrogen-bond donors (Lipinski definition) is 5. The third-order valence-corrected chi connectivity index (χ3v) is 6.51. The molecular weight excluding hydrogens is 491 g/mol. The molecule has 1 aliphatic heterocycles. The van der Waals surface area contributed by atoms with E-state index in [1.165, 1.54) is 6.20 Å². The average Bonchev–Trinajstić information content (AvgIpc) is 3.34. The number of nitrogens with one attached hydrogen (secondary N) is 3. The highest BCUT2D eigenvalue weighted by atomic mass is 35.5. The molecule has 0 atom stereocenters. The Morgan fingerprint density at radius 1 is 1.11 bits per heavy atom. The van der Waals surface area contributed by atoms with Crippen LogP contribution in [0.15, 0.2) is 30.1 Å². The molecule has 0 bridgehead atoms. The standard InChI is InChI=1S/C22H24Cl2N6O3.C2H6/c1-11-17(19(31)21(33)29-22(4-5-22)16(25)10-27-26)15-3-2-6-30(15)18(11)20(32)28-14-8-12(23)7-13(24)9-14;1-2/h7-10,27H,2-6,25-26H2,1H3,(H,28,32)(H,29,33);1-2H3/b16-10-;. The van der Waals surface area contributed by atoms with Crippen LogP contribution < -0.4 is 27.6 Å². The van der Waals surface area contributed by atoms with Crippen LogP contribution in [0.25, 0.3) is 0 Å². The van der Waals surface area contributed by atoms with Gasteiger partial charge in [0, 0.05) is 34.2 Å². The summed E-state index contributed by atoms with van der Waals surface area (Å²) in [4.78, 5) is 39.2. The molecule has 11 heteroatoms. The molecule has 7 N–H and O–H groups in total. The van der Waals surface area contributed by atoms with E-state index in [9.17, 15) is 14.4 Å². The maximum atomic E-state index is 13.2. The summed E-state index contributed by atoms with van der Waals surface area (Å²) < 4.78 is 1.80. The van der Waals surface area contributed by atoms with Crippen LogP contribution in [0.1, 0.15) is 65.2 Å². The topological polar surface area (TPSA) is 144 Å². The fourth-order valence-electron chi connectivity index (χ4n) is 4.36. The van der Waals surface area contributed by atoms with Gasteiger partial charge in [-0.15, -0.1) is 0 Å². The Morgan fingerprint density at radius 2 is 1.74 bits per heavy atom. The molecule has 2 amide bonds. The number of fused-ring (bicyclic) bond motifs is 1. The van der Waals surface area contributed by atoms with Crippen molar-refractivity contribution in [2.24, 2.45) is 11.6 Å². The number of hydrogen-bond acceptors (Lipinski definition) is 6. The number of benzene rings is 1. The van der Waals surface area contributed by atoms with Crippen LogP contribution in [-0.2, 0) is 17.8 Å². The zero-order valence-corrected chi connectivity index (χ0v) is 21.4. The molecule has 1 aliphatic carbocycles. The molecule has 1 fully saturated rings. The summed E-state index contributed by atoms with van der Waals surface area (Å²) in [7, 11) is 0. The van der Waals surface area contributed by atoms with Gasteiger partial charge in [0.2, 0.25) is 0 Å². The Labute approximate surface area is 214 Å². The molecule has 35 heavy (non-hydrogen) atoms. The zero-order chi connectivity index (χ0) is 25.9. The molecule has 0 spiro atoms. The zero-order valence-electron chi connectivity index (χ0n) is 19.9. The normalized spacial score (nSPS) is 15.4. The summed E-state index contributed by atoms with van der Waals surface area (Å²) in [6.45, 7) is 6.25. The van der Waals surface area contributed by atoms with Crippen molar-refractivity contribution in [2.45, 2.75) is 58.5 Å². The summed E-state index contributed by atoms with van der Waals surface area (Å²) in [5, 5.41) is 6.30. The number of nitrogens with zero attached hydrogens (tertiary/aromatic N) is 1. The van der Waals surface area contributed by atoms with Crippen molar-refractivity contribution in [2.75, 3.05) is 5.32 Å². The van der Waals surface area contributed by atoms with Crippen molar-refractivity contribution < 1.29 is 14.4 Å². The lowest BCUT2D eigenvalue weighted by Gasteiger charge is -2.17. The fraction of sp³-hybridized carbons (Fsp3) is 0.375. The number of halogens is 2. The van der Waals surface area contributed by atoms with Gasteiger partial charge >= 0.3 is 0 Å². The minimum atomic E-state index is -0.776. The first-order chi connectivity index (χ1) is 16.7. The van der Waals surface area contributed by atoms with Crippen LogP contribution in [0.5, 0.6) is 0 Å². The maximum Gasteiger partial charge on any atom is 0.293 e. The number of carbonyl (C=O) groups excluding carboxylic acids is 3.